The number of carbonyl (C=O) groups excluding carboxylic acids is 2. The Bertz CT molecular complexity index is 460. The van der Waals surface area contributed by atoms with E-state index in [4.69, 9.17) is 11.5 Å². The zero-order chi connectivity index (χ0) is 15.7. The molecule has 116 valence electrons. The fourth-order valence-electron chi connectivity index (χ4n) is 1.96. The molecule has 0 fully saturated rings. The van der Waals surface area contributed by atoms with Gasteiger partial charge in [0, 0.05) is 12.8 Å². The van der Waals surface area contributed by atoms with Crippen LogP contribution in [0.15, 0.2) is 24.3 Å². The summed E-state index contributed by atoms with van der Waals surface area (Å²) in [6.45, 7) is 0.617. The van der Waals surface area contributed by atoms with Crippen LogP contribution in [0.1, 0.15) is 31.2 Å². The highest BCUT2D eigenvalue weighted by molar-refractivity contribution is 5.86. The van der Waals surface area contributed by atoms with Crippen molar-refractivity contribution in [1.29, 1.82) is 0 Å². The van der Waals surface area contributed by atoms with Gasteiger partial charge in [-0.3, -0.25) is 9.59 Å². The minimum Gasteiger partial charge on any atom is -0.508 e. The van der Waals surface area contributed by atoms with Gasteiger partial charge in [0.25, 0.3) is 0 Å². The molecule has 1 atom stereocenters. The highest BCUT2D eigenvalue weighted by Crippen LogP contribution is 2.11. The van der Waals surface area contributed by atoms with Crippen molar-refractivity contribution in [1.82, 2.24) is 5.32 Å². The van der Waals surface area contributed by atoms with Crippen molar-refractivity contribution in [3.05, 3.63) is 29.8 Å². The summed E-state index contributed by atoms with van der Waals surface area (Å²) in [7, 11) is 0. The zero-order valence-corrected chi connectivity index (χ0v) is 12.0. The number of aromatic hydroxyl groups is 1. The lowest BCUT2D eigenvalue weighted by Gasteiger charge is -2.15. The molecule has 0 aliphatic rings. The number of carbonyl (C=O) groups is 2. The van der Waals surface area contributed by atoms with Crippen LogP contribution in [0.3, 0.4) is 0 Å². The highest BCUT2D eigenvalue weighted by Gasteiger charge is 2.18. The molecule has 6 heteroatoms. The van der Waals surface area contributed by atoms with Gasteiger partial charge in [0.2, 0.25) is 11.8 Å². The Kier molecular flexibility index (Phi) is 7.25. The maximum absolute atomic E-state index is 11.8. The van der Waals surface area contributed by atoms with Gasteiger partial charge in [-0.05, 0) is 37.1 Å². The molecule has 0 aliphatic carbocycles. The Morgan fingerprint density at radius 1 is 1.14 bits per heavy atom. The molecule has 1 aromatic rings. The van der Waals surface area contributed by atoms with Gasteiger partial charge in [-0.1, -0.05) is 18.6 Å². The molecule has 1 rings (SSSR count). The minimum atomic E-state index is -0.739. The van der Waals surface area contributed by atoms with Gasteiger partial charge in [0.1, 0.15) is 11.8 Å². The molecule has 0 heterocycles. The number of unbranched alkanes of at least 4 members (excludes halogenated alkanes) is 2. The first-order chi connectivity index (χ1) is 10.0. The number of hydrogen-bond donors (Lipinski definition) is 4. The van der Waals surface area contributed by atoms with Crippen molar-refractivity contribution in [3.63, 3.8) is 0 Å². The van der Waals surface area contributed by atoms with E-state index in [9.17, 15) is 14.7 Å². The molecular weight excluding hydrogens is 270 g/mol. The third-order valence-electron chi connectivity index (χ3n) is 3.16. The number of nitrogens with one attached hydrogen (secondary N) is 1. The van der Waals surface area contributed by atoms with Gasteiger partial charge in [0.15, 0.2) is 0 Å². The summed E-state index contributed by atoms with van der Waals surface area (Å²) < 4.78 is 0. The van der Waals surface area contributed by atoms with Crippen molar-refractivity contribution in [2.45, 2.75) is 38.1 Å². The molecule has 21 heavy (non-hydrogen) atoms. The first-order valence-electron chi connectivity index (χ1n) is 7.09. The van der Waals surface area contributed by atoms with E-state index in [2.05, 4.69) is 5.32 Å². The van der Waals surface area contributed by atoms with Gasteiger partial charge in [0.05, 0.1) is 0 Å². The van der Waals surface area contributed by atoms with Crippen molar-refractivity contribution in [2.75, 3.05) is 6.54 Å². The highest BCUT2D eigenvalue weighted by atomic mass is 16.3. The normalized spacial score (nSPS) is 11.9. The molecule has 0 aromatic heterocycles. The SMILES string of the molecule is NCCCCCC(=O)N[C@@H](Cc1ccc(O)cc1)C(N)=O. The molecule has 0 saturated heterocycles. The van der Waals surface area contributed by atoms with E-state index >= 15 is 0 Å². The molecule has 1 aromatic carbocycles. The van der Waals surface area contributed by atoms with Crippen molar-refractivity contribution < 1.29 is 14.7 Å². The second kappa shape index (κ2) is 8.97. The van der Waals surface area contributed by atoms with E-state index in [1.54, 1.807) is 12.1 Å². The summed E-state index contributed by atoms with van der Waals surface area (Å²) in [5, 5.41) is 11.9. The van der Waals surface area contributed by atoms with E-state index < -0.39 is 11.9 Å². The molecular formula is C15H23N3O3. The predicted octanol–water partition coefficient (Wildman–Crippen LogP) is 0.424. The van der Waals surface area contributed by atoms with E-state index in [1.165, 1.54) is 12.1 Å². The van der Waals surface area contributed by atoms with E-state index in [-0.39, 0.29) is 11.7 Å². The largest absolute Gasteiger partial charge is 0.508 e. The molecule has 0 saturated carbocycles. The molecule has 0 aliphatic heterocycles. The van der Waals surface area contributed by atoms with Crippen LogP contribution in [0.2, 0.25) is 0 Å². The molecule has 0 radical (unpaired) electrons. The topological polar surface area (TPSA) is 118 Å². The smallest absolute Gasteiger partial charge is 0.240 e. The van der Waals surface area contributed by atoms with Crippen LogP contribution in [0.25, 0.3) is 0 Å². The van der Waals surface area contributed by atoms with Crippen LogP contribution < -0.4 is 16.8 Å². The van der Waals surface area contributed by atoms with E-state index in [0.29, 0.717) is 19.4 Å². The summed E-state index contributed by atoms with van der Waals surface area (Å²) in [5.41, 5.74) is 11.5. The van der Waals surface area contributed by atoms with Crippen LogP contribution in [0.5, 0.6) is 5.75 Å². The summed E-state index contributed by atoms with van der Waals surface area (Å²) in [4.78, 5) is 23.2. The summed E-state index contributed by atoms with van der Waals surface area (Å²) in [5.74, 6) is -0.605. The van der Waals surface area contributed by atoms with Crippen molar-refractivity contribution >= 4 is 11.8 Å². The Labute approximate surface area is 124 Å². The molecule has 0 spiro atoms. The van der Waals surface area contributed by atoms with Crippen molar-refractivity contribution in [3.8, 4) is 5.75 Å². The lowest BCUT2D eigenvalue weighted by Crippen LogP contribution is -2.45. The second-order valence-corrected chi connectivity index (χ2v) is 4.99. The number of rotatable bonds is 9. The number of amides is 2. The molecule has 6 N–H and O–H groups in total. The van der Waals surface area contributed by atoms with Gasteiger partial charge in [-0.25, -0.2) is 0 Å². The van der Waals surface area contributed by atoms with Crippen LogP contribution in [0, 0.1) is 0 Å². The zero-order valence-electron chi connectivity index (χ0n) is 12.0. The monoisotopic (exact) mass is 293 g/mol. The fourth-order valence-corrected chi connectivity index (χ4v) is 1.96. The van der Waals surface area contributed by atoms with Crippen LogP contribution in [0.4, 0.5) is 0 Å². The van der Waals surface area contributed by atoms with E-state index in [0.717, 1.165) is 24.8 Å². The predicted molar refractivity (Wildman–Crippen MR) is 80.5 cm³/mol. The van der Waals surface area contributed by atoms with Crippen LogP contribution in [-0.2, 0) is 16.0 Å². The van der Waals surface area contributed by atoms with E-state index in [1.807, 2.05) is 0 Å². The van der Waals surface area contributed by atoms with Gasteiger partial charge in [-0.15, -0.1) is 0 Å². The quantitative estimate of drug-likeness (QED) is 0.493. The number of phenolic OH excluding ortho intramolecular Hbond substituents is 1. The Balaban J connectivity index is 2.48. The minimum absolute atomic E-state index is 0.151. The maximum atomic E-state index is 11.8. The molecule has 2 amide bonds. The Morgan fingerprint density at radius 3 is 2.38 bits per heavy atom. The van der Waals surface area contributed by atoms with Crippen molar-refractivity contribution in [2.24, 2.45) is 11.5 Å². The summed E-state index contributed by atoms with van der Waals surface area (Å²) in [6.07, 6.45) is 3.19. The average molecular weight is 293 g/mol. The van der Waals surface area contributed by atoms with Gasteiger partial charge < -0.3 is 21.9 Å². The number of primary amides is 1. The summed E-state index contributed by atoms with van der Waals surface area (Å²) in [6, 6.07) is 5.71. The fraction of sp³-hybridized carbons (Fsp3) is 0.467. The van der Waals surface area contributed by atoms with Gasteiger partial charge in [-0.2, -0.15) is 0 Å². The van der Waals surface area contributed by atoms with Gasteiger partial charge >= 0.3 is 0 Å². The number of nitrogens with two attached hydrogens (primary N) is 2. The average Bonchev–Trinajstić information content (AvgIpc) is 2.45. The maximum Gasteiger partial charge on any atom is 0.240 e. The third kappa shape index (κ3) is 6.76. The number of hydrogen-bond acceptors (Lipinski definition) is 4. The first-order valence-corrected chi connectivity index (χ1v) is 7.09. The van der Waals surface area contributed by atoms with Crippen LogP contribution >= 0.6 is 0 Å². The number of benzene rings is 1. The summed E-state index contributed by atoms with van der Waals surface area (Å²) >= 11 is 0. The molecule has 6 nitrogen and oxygen atoms in total. The molecule has 0 bridgehead atoms. The molecule has 0 unspecified atom stereocenters. The lowest BCUT2D eigenvalue weighted by atomic mass is 10.0. The first kappa shape index (κ1) is 17.0. The Morgan fingerprint density at radius 2 is 1.81 bits per heavy atom. The lowest BCUT2D eigenvalue weighted by molar-refractivity contribution is -0.127. The third-order valence-corrected chi connectivity index (χ3v) is 3.16. The standard InChI is InChI=1S/C15H23N3O3/c16-9-3-1-2-4-14(20)18-13(15(17)21)10-11-5-7-12(19)8-6-11/h5-8,13,19H,1-4,9-10,16H2,(H2,17,21)(H,18,20)/t13-/m0/s1. The van der Waals surface area contributed by atoms with Crippen LogP contribution in [-0.4, -0.2) is 29.5 Å². The number of phenols is 1. The Hall–Kier alpha value is -2.08. The second-order valence-electron chi connectivity index (χ2n) is 4.99.